The number of fused-ring (bicyclic) bond motifs is 1. The van der Waals surface area contributed by atoms with E-state index in [0.717, 1.165) is 17.7 Å². The monoisotopic (exact) mass is 399 g/mol. The first-order valence-corrected chi connectivity index (χ1v) is 9.85. The molecule has 3 aromatic rings. The average Bonchev–Trinajstić information content (AvgIpc) is 3.22. The topological polar surface area (TPSA) is 63.7 Å². The number of carbonyl (C=O) groups is 3. The molecule has 1 aliphatic heterocycles. The fourth-order valence-electron chi connectivity index (χ4n) is 3.67. The molecular formula is C25H21NO4. The standard InChI is InChI=1S/C25H21NO4/c1-17(24(28)26-16-15-18-9-5-8-14-22(18)26)30-25(29)21-13-7-6-12-20(21)23(27)19-10-3-2-4-11-19/h2-14,17H,15-16H2,1H3/t17-/m0/s1. The van der Waals surface area contributed by atoms with Gasteiger partial charge in [0.2, 0.25) is 0 Å². The zero-order valence-electron chi connectivity index (χ0n) is 16.6. The molecule has 0 aliphatic carbocycles. The van der Waals surface area contributed by atoms with E-state index in [-0.39, 0.29) is 22.8 Å². The number of hydrogen-bond donors (Lipinski definition) is 0. The van der Waals surface area contributed by atoms with E-state index in [1.54, 1.807) is 60.4 Å². The number of benzene rings is 3. The number of para-hydroxylation sites is 1. The second-order valence-corrected chi connectivity index (χ2v) is 7.16. The Hall–Kier alpha value is -3.73. The summed E-state index contributed by atoms with van der Waals surface area (Å²) in [6.45, 7) is 2.12. The van der Waals surface area contributed by atoms with Crippen LogP contribution in [0.1, 0.15) is 38.8 Å². The van der Waals surface area contributed by atoms with Gasteiger partial charge in [-0.15, -0.1) is 0 Å². The third-order valence-electron chi connectivity index (χ3n) is 5.21. The Morgan fingerprint density at radius 2 is 1.47 bits per heavy atom. The smallest absolute Gasteiger partial charge is 0.339 e. The highest BCUT2D eigenvalue weighted by Gasteiger charge is 2.30. The van der Waals surface area contributed by atoms with Crippen LogP contribution in [-0.2, 0) is 16.0 Å². The minimum atomic E-state index is -0.969. The molecule has 30 heavy (non-hydrogen) atoms. The van der Waals surface area contributed by atoms with Gasteiger partial charge >= 0.3 is 5.97 Å². The van der Waals surface area contributed by atoms with E-state index >= 15 is 0 Å². The molecule has 1 heterocycles. The minimum Gasteiger partial charge on any atom is -0.449 e. The van der Waals surface area contributed by atoms with Crippen LogP contribution in [0.5, 0.6) is 0 Å². The molecule has 0 fully saturated rings. The number of amides is 1. The van der Waals surface area contributed by atoms with E-state index in [1.165, 1.54) is 0 Å². The number of carbonyl (C=O) groups excluding carboxylic acids is 3. The molecule has 0 saturated carbocycles. The van der Waals surface area contributed by atoms with E-state index < -0.39 is 12.1 Å². The van der Waals surface area contributed by atoms with Crippen LogP contribution in [0.25, 0.3) is 0 Å². The second kappa shape index (κ2) is 8.33. The first kappa shape index (κ1) is 19.6. The van der Waals surface area contributed by atoms with Crippen molar-refractivity contribution in [1.82, 2.24) is 0 Å². The highest BCUT2D eigenvalue weighted by atomic mass is 16.5. The van der Waals surface area contributed by atoms with Gasteiger partial charge in [0.15, 0.2) is 11.9 Å². The van der Waals surface area contributed by atoms with Gasteiger partial charge < -0.3 is 9.64 Å². The predicted octanol–water partition coefficient (Wildman–Crippen LogP) is 4.05. The Morgan fingerprint density at radius 1 is 0.833 bits per heavy atom. The van der Waals surface area contributed by atoms with E-state index in [4.69, 9.17) is 4.74 Å². The molecule has 0 radical (unpaired) electrons. The summed E-state index contributed by atoms with van der Waals surface area (Å²) < 4.78 is 5.47. The van der Waals surface area contributed by atoms with Gasteiger partial charge in [-0.2, -0.15) is 0 Å². The summed E-state index contributed by atoms with van der Waals surface area (Å²) in [4.78, 5) is 40.2. The molecule has 1 atom stereocenters. The van der Waals surface area contributed by atoms with Crippen molar-refractivity contribution in [1.29, 1.82) is 0 Å². The maximum absolute atomic E-state index is 12.9. The van der Waals surface area contributed by atoms with Crippen LogP contribution in [0.3, 0.4) is 0 Å². The van der Waals surface area contributed by atoms with E-state index in [0.29, 0.717) is 12.1 Å². The Balaban J connectivity index is 1.52. The number of nitrogens with zero attached hydrogens (tertiary/aromatic N) is 1. The van der Waals surface area contributed by atoms with Crippen molar-refractivity contribution in [3.8, 4) is 0 Å². The number of rotatable bonds is 5. The lowest BCUT2D eigenvalue weighted by Crippen LogP contribution is -2.39. The maximum Gasteiger partial charge on any atom is 0.339 e. The van der Waals surface area contributed by atoms with Gasteiger partial charge in [-0.1, -0.05) is 66.7 Å². The lowest BCUT2D eigenvalue weighted by Gasteiger charge is -2.22. The molecular weight excluding hydrogens is 378 g/mol. The van der Waals surface area contributed by atoms with Gasteiger partial charge in [0.25, 0.3) is 5.91 Å². The third-order valence-corrected chi connectivity index (χ3v) is 5.21. The Kier molecular flexibility index (Phi) is 5.44. The summed E-state index contributed by atoms with van der Waals surface area (Å²) in [7, 11) is 0. The fraction of sp³-hybridized carbons (Fsp3) is 0.160. The number of esters is 1. The Bertz CT molecular complexity index is 1110. The van der Waals surface area contributed by atoms with Crippen molar-refractivity contribution >= 4 is 23.3 Å². The van der Waals surface area contributed by atoms with Crippen molar-refractivity contribution < 1.29 is 19.1 Å². The SMILES string of the molecule is C[C@H](OC(=O)c1ccccc1C(=O)c1ccccc1)C(=O)N1CCc2ccccc21. The molecule has 0 bridgehead atoms. The highest BCUT2D eigenvalue weighted by Crippen LogP contribution is 2.28. The number of anilines is 1. The van der Waals surface area contributed by atoms with Crippen molar-refractivity contribution in [2.24, 2.45) is 0 Å². The molecule has 0 spiro atoms. The number of ether oxygens (including phenoxy) is 1. The van der Waals surface area contributed by atoms with Crippen LogP contribution in [-0.4, -0.2) is 30.3 Å². The first-order chi connectivity index (χ1) is 14.6. The maximum atomic E-state index is 12.9. The average molecular weight is 399 g/mol. The number of hydrogen-bond acceptors (Lipinski definition) is 4. The van der Waals surface area contributed by atoms with Crippen molar-refractivity contribution in [3.05, 3.63) is 101 Å². The molecule has 1 amide bonds. The quantitative estimate of drug-likeness (QED) is 0.480. The molecule has 150 valence electrons. The van der Waals surface area contributed by atoms with Gasteiger partial charge in [0.05, 0.1) is 5.56 Å². The van der Waals surface area contributed by atoms with Crippen LogP contribution in [0.4, 0.5) is 5.69 Å². The molecule has 5 heteroatoms. The normalized spacial score (nSPS) is 13.4. The Labute approximate surface area is 174 Å². The largest absolute Gasteiger partial charge is 0.449 e. The summed E-state index contributed by atoms with van der Waals surface area (Å²) in [6.07, 6.45) is -0.194. The highest BCUT2D eigenvalue weighted by molar-refractivity contribution is 6.14. The molecule has 0 N–H and O–H groups in total. The molecule has 4 rings (SSSR count). The zero-order chi connectivity index (χ0) is 21.1. The molecule has 5 nitrogen and oxygen atoms in total. The summed E-state index contributed by atoms with van der Waals surface area (Å²) in [6, 6.07) is 23.0. The summed E-state index contributed by atoms with van der Waals surface area (Å²) in [5.74, 6) is -1.24. The molecule has 0 aromatic heterocycles. The molecule has 3 aromatic carbocycles. The van der Waals surface area contributed by atoms with Gasteiger partial charge in [-0.25, -0.2) is 4.79 Å². The van der Waals surface area contributed by atoms with Gasteiger partial charge in [0.1, 0.15) is 0 Å². The van der Waals surface area contributed by atoms with Crippen LogP contribution >= 0.6 is 0 Å². The van der Waals surface area contributed by atoms with Crippen LogP contribution in [0.15, 0.2) is 78.9 Å². The van der Waals surface area contributed by atoms with Crippen molar-refractivity contribution in [2.75, 3.05) is 11.4 Å². The fourth-order valence-corrected chi connectivity index (χ4v) is 3.67. The zero-order valence-corrected chi connectivity index (χ0v) is 16.6. The summed E-state index contributed by atoms with van der Waals surface area (Å²) >= 11 is 0. The van der Waals surface area contributed by atoms with E-state index in [9.17, 15) is 14.4 Å². The molecule has 1 aliphatic rings. The van der Waals surface area contributed by atoms with E-state index in [1.807, 2.05) is 30.3 Å². The number of ketones is 1. The first-order valence-electron chi connectivity index (χ1n) is 9.85. The molecule has 0 unspecified atom stereocenters. The summed E-state index contributed by atoms with van der Waals surface area (Å²) in [5.41, 5.74) is 2.83. The van der Waals surface area contributed by atoms with Gasteiger partial charge in [0, 0.05) is 23.4 Å². The second-order valence-electron chi connectivity index (χ2n) is 7.16. The minimum absolute atomic E-state index is 0.146. The van der Waals surface area contributed by atoms with Crippen LogP contribution in [0, 0.1) is 0 Å². The third kappa shape index (κ3) is 3.74. The van der Waals surface area contributed by atoms with Crippen molar-refractivity contribution in [2.45, 2.75) is 19.4 Å². The lowest BCUT2D eigenvalue weighted by atomic mass is 9.98. The predicted molar refractivity (Wildman–Crippen MR) is 114 cm³/mol. The van der Waals surface area contributed by atoms with Crippen LogP contribution < -0.4 is 4.90 Å². The summed E-state index contributed by atoms with van der Waals surface area (Å²) in [5, 5.41) is 0. The van der Waals surface area contributed by atoms with Gasteiger partial charge in [-0.05, 0) is 31.0 Å². The van der Waals surface area contributed by atoms with Crippen molar-refractivity contribution in [3.63, 3.8) is 0 Å². The van der Waals surface area contributed by atoms with Crippen LogP contribution in [0.2, 0.25) is 0 Å². The van der Waals surface area contributed by atoms with Gasteiger partial charge in [-0.3, -0.25) is 9.59 Å². The Morgan fingerprint density at radius 3 is 2.23 bits per heavy atom. The molecule has 0 saturated heterocycles. The van der Waals surface area contributed by atoms with E-state index in [2.05, 4.69) is 0 Å². The lowest BCUT2D eigenvalue weighted by molar-refractivity contribution is -0.126.